The fourth-order valence-electron chi connectivity index (χ4n) is 3.32. The zero-order chi connectivity index (χ0) is 21.7. The quantitative estimate of drug-likeness (QED) is 0.568. The molecule has 2 atom stereocenters. The number of nitrogens with zero attached hydrogens (tertiary/aromatic N) is 2. The molecule has 2 unspecified atom stereocenters. The van der Waals surface area contributed by atoms with Crippen molar-refractivity contribution in [2.45, 2.75) is 24.2 Å². The number of aromatic nitrogens is 1. The van der Waals surface area contributed by atoms with Gasteiger partial charge in [0.15, 0.2) is 11.7 Å². The number of fused-ring (bicyclic) bond motifs is 1. The molecule has 2 N–H and O–H groups in total. The molecule has 4 rings (SSSR count). The third kappa shape index (κ3) is 3.55. The van der Waals surface area contributed by atoms with Crippen LogP contribution in [0.5, 0.6) is 0 Å². The van der Waals surface area contributed by atoms with Crippen LogP contribution in [0.3, 0.4) is 0 Å². The van der Waals surface area contributed by atoms with Gasteiger partial charge in [-0.15, -0.1) is 0 Å². The Labute approximate surface area is 171 Å². The number of hydrogen-bond donors (Lipinski definition) is 1. The highest BCUT2D eigenvalue weighted by atomic mass is 35.5. The van der Waals surface area contributed by atoms with E-state index in [1.807, 2.05) is 0 Å². The molecule has 1 aliphatic rings. The van der Waals surface area contributed by atoms with E-state index in [2.05, 4.69) is 14.7 Å². The molecule has 0 bridgehead atoms. The molecule has 0 fully saturated rings. The second kappa shape index (κ2) is 7.12. The van der Waals surface area contributed by atoms with Crippen molar-refractivity contribution in [1.29, 1.82) is 0 Å². The predicted octanol–water partition coefficient (Wildman–Crippen LogP) is 5.12. The Kier molecular flexibility index (Phi) is 4.84. The van der Waals surface area contributed by atoms with Gasteiger partial charge in [0.05, 0.1) is 0 Å². The summed E-state index contributed by atoms with van der Waals surface area (Å²) in [6.45, 7) is -1.42. The molecule has 0 radical (unpaired) electrons. The normalized spacial score (nSPS) is 22.1. The lowest BCUT2D eigenvalue weighted by molar-refractivity contribution is -0.209. The van der Waals surface area contributed by atoms with Gasteiger partial charge in [-0.2, -0.15) is 13.2 Å². The van der Waals surface area contributed by atoms with Gasteiger partial charge in [-0.25, -0.2) is 18.8 Å². The number of halogens is 6. The Bertz CT molecular complexity index is 1150. The Morgan fingerprint density at radius 3 is 2.67 bits per heavy atom. The van der Waals surface area contributed by atoms with Crippen molar-refractivity contribution in [1.82, 2.24) is 4.98 Å². The molecule has 1 aliphatic heterocycles. The number of oxazole rings is 1. The molecule has 5 nitrogen and oxygen atoms in total. The third-order valence-electron chi connectivity index (χ3n) is 4.76. The van der Waals surface area contributed by atoms with E-state index in [1.165, 1.54) is 12.1 Å². The summed E-state index contributed by atoms with van der Waals surface area (Å²) in [5, 5.41) is 0.409. The van der Waals surface area contributed by atoms with Gasteiger partial charge >= 0.3 is 6.18 Å². The van der Waals surface area contributed by atoms with Crippen LogP contribution in [0.15, 0.2) is 45.8 Å². The topological polar surface area (TPSA) is 73.6 Å². The van der Waals surface area contributed by atoms with Crippen LogP contribution in [0.25, 0.3) is 22.6 Å². The summed E-state index contributed by atoms with van der Waals surface area (Å²) >= 11 is 5.91. The van der Waals surface area contributed by atoms with E-state index in [0.717, 1.165) is 12.1 Å². The van der Waals surface area contributed by atoms with Gasteiger partial charge in [0.1, 0.15) is 23.5 Å². The average Bonchev–Trinajstić information content (AvgIpc) is 3.10. The lowest BCUT2D eigenvalue weighted by Gasteiger charge is -2.36. The minimum absolute atomic E-state index is 0.0545. The Balaban J connectivity index is 1.82. The number of nitrogens with two attached hydrogens (primary N) is 1. The fourth-order valence-corrected chi connectivity index (χ4v) is 3.49. The molecular formula is C19H13ClF5N3O2. The van der Waals surface area contributed by atoms with Crippen molar-refractivity contribution in [2.24, 2.45) is 10.7 Å². The van der Waals surface area contributed by atoms with E-state index in [0.29, 0.717) is 16.1 Å². The SMILES string of the molecule is NC1=NC(CF)(c2cc(-c3nc4ccc(Cl)cc4o3)ccc2F)CC(C(F)(F)F)O1. The van der Waals surface area contributed by atoms with Crippen LogP contribution in [0.2, 0.25) is 5.02 Å². The minimum Gasteiger partial charge on any atom is -0.452 e. The Morgan fingerprint density at radius 1 is 1.20 bits per heavy atom. The molecule has 11 heteroatoms. The Hall–Kier alpha value is -2.88. The second-order valence-electron chi connectivity index (χ2n) is 6.79. The first-order valence-corrected chi connectivity index (χ1v) is 9.00. The van der Waals surface area contributed by atoms with Crippen LogP contribution in [-0.2, 0) is 10.3 Å². The van der Waals surface area contributed by atoms with Gasteiger partial charge in [0, 0.05) is 28.6 Å². The molecule has 2 heterocycles. The molecule has 0 spiro atoms. The minimum atomic E-state index is -4.84. The van der Waals surface area contributed by atoms with Crippen LogP contribution < -0.4 is 5.73 Å². The van der Waals surface area contributed by atoms with Crippen molar-refractivity contribution in [3.8, 4) is 11.5 Å². The number of amidine groups is 1. The van der Waals surface area contributed by atoms with Crippen molar-refractivity contribution in [3.63, 3.8) is 0 Å². The van der Waals surface area contributed by atoms with Gasteiger partial charge in [-0.3, -0.25) is 0 Å². The number of hydrogen-bond acceptors (Lipinski definition) is 5. The zero-order valence-electron chi connectivity index (χ0n) is 15.0. The van der Waals surface area contributed by atoms with Crippen molar-refractivity contribution >= 4 is 28.7 Å². The maximum absolute atomic E-state index is 14.6. The molecule has 0 saturated carbocycles. The van der Waals surface area contributed by atoms with Crippen LogP contribution >= 0.6 is 11.6 Å². The first kappa shape index (κ1) is 20.4. The van der Waals surface area contributed by atoms with Crippen LogP contribution in [-0.4, -0.2) is 30.0 Å². The molecule has 1 aromatic heterocycles. The standard InChI is InChI=1S/C19H13ClF5N3O2/c20-10-2-4-13-14(6-10)29-16(27-13)9-1-3-12(22)11(5-9)18(8-21)7-15(19(23,24)25)30-17(26)28-18/h1-6,15H,7-8H2,(H2,26,28). The maximum Gasteiger partial charge on any atom is 0.425 e. The number of alkyl halides is 4. The summed E-state index contributed by atoms with van der Waals surface area (Å²) in [7, 11) is 0. The van der Waals surface area contributed by atoms with Crippen molar-refractivity contribution in [3.05, 3.63) is 52.8 Å². The highest BCUT2D eigenvalue weighted by molar-refractivity contribution is 6.31. The van der Waals surface area contributed by atoms with E-state index in [1.54, 1.807) is 12.1 Å². The van der Waals surface area contributed by atoms with Crippen LogP contribution in [0, 0.1) is 5.82 Å². The summed E-state index contributed by atoms with van der Waals surface area (Å²) in [4.78, 5) is 7.96. The highest BCUT2D eigenvalue weighted by Gasteiger charge is 2.52. The zero-order valence-corrected chi connectivity index (χ0v) is 15.8. The molecule has 158 valence electrons. The summed E-state index contributed by atoms with van der Waals surface area (Å²) in [6, 6.07) is 7.30. The highest BCUT2D eigenvalue weighted by Crippen LogP contribution is 2.42. The molecule has 0 aliphatic carbocycles. The molecule has 0 saturated heterocycles. The summed E-state index contributed by atoms with van der Waals surface area (Å²) in [5.41, 5.74) is 3.78. The smallest absolute Gasteiger partial charge is 0.425 e. The first-order valence-electron chi connectivity index (χ1n) is 8.62. The van der Waals surface area contributed by atoms with E-state index >= 15 is 0 Å². The fraction of sp³-hybridized carbons (Fsp3) is 0.263. The van der Waals surface area contributed by atoms with Crippen LogP contribution in [0.1, 0.15) is 12.0 Å². The average molecular weight is 446 g/mol. The van der Waals surface area contributed by atoms with Gasteiger partial charge in [-0.05, 0) is 30.3 Å². The predicted molar refractivity (Wildman–Crippen MR) is 99.2 cm³/mol. The van der Waals surface area contributed by atoms with E-state index in [9.17, 15) is 22.0 Å². The van der Waals surface area contributed by atoms with Crippen molar-refractivity contribution in [2.75, 3.05) is 6.67 Å². The second-order valence-corrected chi connectivity index (χ2v) is 7.23. The summed E-state index contributed by atoms with van der Waals surface area (Å²) < 4.78 is 78.5. The van der Waals surface area contributed by atoms with E-state index in [4.69, 9.17) is 21.8 Å². The number of rotatable bonds is 3. The number of benzene rings is 2. The largest absolute Gasteiger partial charge is 0.452 e. The lowest BCUT2D eigenvalue weighted by atomic mass is 9.84. The summed E-state index contributed by atoms with van der Waals surface area (Å²) in [5.74, 6) is -0.895. The van der Waals surface area contributed by atoms with Crippen molar-refractivity contribution < 1.29 is 31.1 Å². The Morgan fingerprint density at radius 2 is 1.97 bits per heavy atom. The third-order valence-corrected chi connectivity index (χ3v) is 5.00. The molecule has 3 aromatic rings. The van der Waals surface area contributed by atoms with Gasteiger partial charge in [0.25, 0.3) is 6.02 Å². The van der Waals surface area contributed by atoms with E-state index in [-0.39, 0.29) is 11.5 Å². The molecular weight excluding hydrogens is 433 g/mol. The number of ether oxygens (including phenoxy) is 1. The first-order chi connectivity index (χ1) is 14.1. The molecule has 0 amide bonds. The number of aliphatic imine (C=N–C) groups is 1. The van der Waals surface area contributed by atoms with Gasteiger partial charge in [-0.1, -0.05) is 11.6 Å². The summed E-state index contributed by atoms with van der Waals surface area (Å²) in [6.07, 6.45) is -8.24. The maximum atomic E-state index is 14.6. The molecule has 30 heavy (non-hydrogen) atoms. The lowest BCUT2D eigenvalue weighted by Crippen LogP contribution is -2.48. The van der Waals surface area contributed by atoms with Gasteiger partial charge < -0.3 is 14.9 Å². The van der Waals surface area contributed by atoms with E-state index < -0.39 is 48.3 Å². The van der Waals surface area contributed by atoms with Gasteiger partial charge in [0.2, 0.25) is 5.89 Å². The van der Waals surface area contributed by atoms with Crippen LogP contribution in [0.4, 0.5) is 22.0 Å². The monoisotopic (exact) mass is 445 g/mol. The molecule has 2 aromatic carbocycles.